The molecule has 0 saturated heterocycles. The lowest BCUT2D eigenvalue weighted by molar-refractivity contribution is -0.148. The van der Waals surface area contributed by atoms with Crippen LogP contribution in [0.15, 0.2) is 0 Å². The standard InChI is InChI=1S/C15H26N2O3/c1-10-5-3-6-11(10)9-16-14(20)17-12-7-4-8-15(12,2)13(18)19/h10-12H,3-9H2,1-2H3,(H,18,19)(H2,16,17,20). The van der Waals surface area contributed by atoms with Crippen LogP contribution in [0.25, 0.3) is 0 Å². The van der Waals surface area contributed by atoms with Crippen LogP contribution in [0.5, 0.6) is 0 Å². The SMILES string of the molecule is CC1CCCC1CNC(=O)NC1CCCC1(C)C(=O)O. The number of aliphatic carboxylic acids is 1. The maximum absolute atomic E-state index is 12.0. The monoisotopic (exact) mass is 282 g/mol. The van der Waals surface area contributed by atoms with E-state index in [0.29, 0.717) is 24.8 Å². The highest BCUT2D eigenvalue weighted by Gasteiger charge is 2.45. The lowest BCUT2D eigenvalue weighted by Gasteiger charge is -2.28. The van der Waals surface area contributed by atoms with E-state index in [4.69, 9.17) is 0 Å². The summed E-state index contributed by atoms with van der Waals surface area (Å²) in [6, 6.07) is -0.482. The Bertz CT molecular complexity index is 385. The molecule has 2 aliphatic rings. The Kier molecular flexibility index (Phi) is 4.55. The molecule has 0 aromatic carbocycles. The van der Waals surface area contributed by atoms with Crippen molar-refractivity contribution in [1.29, 1.82) is 0 Å². The number of amides is 2. The second-order valence-electron chi connectivity index (χ2n) is 6.69. The van der Waals surface area contributed by atoms with Crippen molar-refractivity contribution in [2.24, 2.45) is 17.3 Å². The van der Waals surface area contributed by atoms with Gasteiger partial charge < -0.3 is 15.7 Å². The number of nitrogens with one attached hydrogen (secondary N) is 2. The number of urea groups is 1. The third-order valence-electron chi connectivity index (χ3n) is 5.32. The molecule has 3 N–H and O–H groups in total. The zero-order valence-electron chi connectivity index (χ0n) is 12.4. The molecular formula is C15H26N2O3. The summed E-state index contributed by atoms with van der Waals surface area (Å²) in [4.78, 5) is 23.3. The fourth-order valence-electron chi connectivity index (χ4n) is 3.61. The normalized spacial score (nSPS) is 36.8. The summed E-state index contributed by atoms with van der Waals surface area (Å²) < 4.78 is 0. The van der Waals surface area contributed by atoms with E-state index in [1.165, 1.54) is 19.3 Å². The van der Waals surface area contributed by atoms with E-state index < -0.39 is 11.4 Å². The molecule has 2 amide bonds. The van der Waals surface area contributed by atoms with E-state index in [-0.39, 0.29) is 12.1 Å². The Labute approximate surface area is 120 Å². The molecule has 114 valence electrons. The van der Waals surface area contributed by atoms with Crippen molar-refractivity contribution in [2.75, 3.05) is 6.54 Å². The van der Waals surface area contributed by atoms with E-state index >= 15 is 0 Å². The van der Waals surface area contributed by atoms with E-state index in [1.807, 2.05) is 0 Å². The van der Waals surface area contributed by atoms with Crippen LogP contribution < -0.4 is 10.6 Å². The van der Waals surface area contributed by atoms with Gasteiger partial charge >= 0.3 is 12.0 Å². The van der Waals surface area contributed by atoms with Gasteiger partial charge in [0.1, 0.15) is 0 Å². The molecule has 4 unspecified atom stereocenters. The van der Waals surface area contributed by atoms with Crippen molar-refractivity contribution in [3.05, 3.63) is 0 Å². The first-order valence-corrected chi connectivity index (χ1v) is 7.71. The summed E-state index contributed by atoms with van der Waals surface area (Å²) in [6.07, 6.45) is 5.90. The van der Waals surface area contributed by atoms with E-state index in [1.54, 1.807) is 6.92 Å². The number of carbonyl (C=O) groups excluding carboxylic acids is 1. The summed E-state index contributed by atoms with van der Waals surface area (Å²) in [5, 5.41) is 15.1. The Balaban J connectivity index is 1.81. The second kappa shape index (κ2) is 6.02. The lowest BCUT2D eigenvalue weighted by atomic mass is 9.85. The number of carboxylic acids is 1. The van der Waals surface area contributed by atoms with Crippen LogP contribution >= 0.6 is 0 Å². The van der Waals surface area contributed by atoms with Gasteiger partial charge in [0, 0.05) is 12.6 Å². The summed E-state index contributed by atoms with van der Waals surface area (Å²) in [6.45, 7) is 4.66. The lowest BCUT2D eigenvalue weighted by Crippen LogP contribution is -2.50. The van der Waals surface area contributed by atoms with Gasteiger partial charge in [-0.25, -0.2) is 4.79 Å². The van der Waals surface area contributed by atoms with Gasteiger partial charge in [-0.3, -0.25) is 4.79 Å². The van der Waals surface area contributed by atoms with Gasteiger partial charge in [-0.2, -0.15) is 0 Å². The first kappa shape index (κ1) is 15.1. The molecule has 0 bridgehead atoms. The Hall–Kier alpha value is -1.26. The van der Waals surface area contributed by atoms with Gasteiger partial charge in [0.2, 0.25) is 0 Å². The fourth-order valence-corrected chi connectivity index (χ4v) is 3.61. The number of carboxylic acid groups (broad SMARTS) is 1. The van der Waals surface area contributed by atoms with Crippen LogP contribution in [0.3, 0.4) is 0 Å². The average Bonchev–Trinajstić information content (AvgIpc) is 2.95. The average molecular weight is 282 g/mol. The quantitative estimate of drug-likeness (QED) is 0.740. The highest BCUT2D eigenvalue weighted by molar-refractivity contribution is 5.79. The van der Waals surface area contributed by atoms with Crippen LogP contribution in [0.4, 0.5) is 4.79 Å². The number of carbonyl (C=O) groups is 2. The number of rotatable bonds is 4. The summed E-state index contributed by atoms with van der Waals surface area (Å²) in [5.74, 6) is 0.422. The molecule has 0 heterocycles. The van der Waals surface area contributed by atoms with E-state index in [9.17, 15) is 14.7 Å². The molecule has 0 spiro atoms. The van der Waals surface area contributed by atoms with E-state index in [0.717, 1.165) is 12.8 Å². The van der Waals surface area contributed by atoms with Crippen molar-refractivity contribution in [1.82, 2.24) is 10.6 Å². The van der Waals surface area contributed by atoms with Gasteiger partial charge in [-0.15, -0.1) is 0 Å². The van der Waals surface area contributed by atoms with Crippen molar-refractivity contribution < 1.29 is 14.7 Å². The van der Waals surface area contributed by atoms with Gasteiger partial charge in [0.15, 0.2) is 0 Å². The molecule has 4 atom stereocenters. The Morgan fingerprint density at radius 1 is 1.25 bits per heavy atom. The minimum atomic E-state index is -0.821. The van der Waals surface area contributed by atoms with Crippen molar-refractivity contribution in [3.63, 3.8) is 0 Å². The predicted molar refractivity (Wildman–Crippen MR) is 76.4 cm³/mol. The van der Waals surface area contributed by atoms with Crippen molar-refractivity contribution in [2.45, 2.75) is 58.4 Å². The maximum Gasteiger partial charge on any atom is 0.315 e. The summed E-state index contributed by atoms with van der Waals surface area (Å²) in [5.41, 5.74) is -0.821. The van der Waals surface area contributed by atoms with E-state index in [2.05, 4.69) is 17.6 Å². The zero-order valence-corrected chi connectivity index (χ0v) is 12.4. The third-order valence-corrected chi connectivity index (χ3v) is 5.32. The van der Waals surface area contributed by atoms with Crippen LogP contribution in [-0.4, -0.2) is 29.7 Å². The third kappa shape index (κ3) is 3.07. The minimum Gasteiger partial charge on any atom is -0.481 e. The minimum absolute atomic E-state index is 0.219. The molecule has 5 nitrogen and oxygen atoms in total. The second-order valence-corrected chi connectivity index (χ2v) is 6.69. The highest BCUT2D eigenvalue weighted by Crippen LogP contribution is 2.38. The van der Waals surface area contributed by atoms with Gasteiger partial charge in [0.25, 0.3) is 0 Å². The zero-order chi connectivity index (χ0) is 14.8. The molecule has 5 heteroatoms. The largest absolute Gasteiger partial charge is 0.481 e. The molecular weight excluding hydrogens is 256 g/mol. The Morgan fingerprint density at radius 2 is 2.00 bits per heavy atom. The van der Waals surface area contributed by atoms with Crippen LogP contribution in [0.2, 0.25) is 0 Å². The van der Waals surface area contributed by atoms with Crippen molar-refractivity contribution in [3.8, 4) is 0 Å². The van der Waals surface area contributed by atoms with Gasteiger partial charge in [-0.05, 0) is 38.0 Å². The topological polar surface area (TPSA) is 78.4 Å². The first-order valence-electron chi connectivity index (χ1n) is 7.71. The number of hydrogen-bond donors (Lipinski definition) is 3. The van der Waals surface area contributed by atoms with Crippen molar-refractivity contribution >= 4 is 12.0 Å². The molecule has 2 rings (SSSR count). The van der Waals surface area contributed by atoms with Crippen LogP contribution in [0, 0.1) is 17.3 Å². The van der Waals surface area contributed by atoms with Gasteiger partial charge in [-0.1, -0.05) is 26.2 Å². The molecule has 2 aliphatic carbocycles. The van der Waals surface area contributed by atoms with Crippen LogP contribution in [0.1, 0.15) is 52.4 Å². The van der Waals surface area contributed by atoms with Crippen LogP contribution in [-0.2, 0) is 4.79 Å². The van der Waals surface area contributed by atoms with Gasteiger partial charge in [0.05, 0.1) is 5.41 Å². The molecule has 0 radical (unpaired) electrons. The number of hydrogen-bond acceptors (Lipinski definition) is 2. The first-order chi connectivity index (χ1) is 9.43. The molecule has 20 heavy (non-hydrogen) atoms. The highest BCUT2D eigenvalue weighted by atomic mass is 16.4. The predicted octanol–water partition coefficient (Wildman–Crippen LogP) is 2.37. The summed E-state index contributed by atoms with van der Waals surface area (Å²) >= 11 is 0. The maximum atomic E-state index is 12.0. The Morgan fingerprint density at radius 3 is 2.60 bits per heavy atom. The molecule has 0 aliphatic heterocycles. The summed E-state index contributed by atoms with van der Waals surface area (Å²) in [7, 11) is 0. The fraction of sp³-hybridized carbons (Fsp3) is 0.867. The molecule has 2 saturated carbocycles. The smallest absolute Gasteiger partial charge is 0.315 e. The molecule has 0 aromatic heterocycles. The molecule has 2 fully saturated rings. The molecule has 0 aromatic rings.